The molecule has 1 unspecified atom stereocenters. The fourth-order valence-electron chi connectivity index (χ4n) is 4.66. The number of aliphatic imine (C=N–C) groups is 1. The molecule has 0 spiro atoms. The van der Waals surface area contributed by atoms with Crippen LogP contribution in [0.3, 0.4) is 0 Å². The number of guanidine groups is 1. The lowest BCUT2D eigenvalue weighted by Gasteiger charge is -2.32. The summed E-state index contributed by atoms with van der Waals surface area (Å²) in [6.07, 6.45) is 4.45. The number of primary amides is 1. The molecule has 1 aromatic carbocycles. The molecule has 4 N–H and O–H groups in total. The van der Waals surface area contributed by atoms with E-state index in [0.29, 0.717) is 12.6 Å². The van der Waals surface area contributed by atoms with Gasteiger partial charge in [0.1, 0.15) is 5.82 Å². The monoisotopic (exact) mass is 577 g/mol. The summed E-state index contributed by atoms with van der Waals surface area (Å²) >= 11 is 0. The van der Waals surface area contributed by atoms with Gasteiger partial charge >= 0.3 is 0 Å². The highest BCUT2D eigenvalue weighted by molar-refractivity contribution is 14.0. The lowest BCUT2D eigenvalue weighted by atomic mass is 9.96. The fraction of sp³-hybridized carbons (Fsp3) is 0.480. The number of pyridine rings is 1. The molecule has 1 amide bonds. The number of anilines is 2. The molecular weight excluding hydrogens is 541 g/mol. The van der Waals surface area contributed by atoms with Gasteiger partial charge in [-0.15, -0.1) is 24.0 Å². The van der Waals surface area contributed by atoms with Crippen LogP contribution in [0.5, 0.6) is 0 Å². The first-order valence-corrected chi connectivity index (χ1v) is 11.8. The molecule has 1 atom stereocenters. The zero-order valence-electron chi connectivity index (χ0n) is 20.0. The van der Waals surface area contributed by atoms with Gasteiger partial charge in [0.2, 0.25) is 5.91 Å². The summed E-state index contributed by atoms with van der Waals surface area (Å²) in [5.74, 6) is 1.54. The second-order valence-electron chi connectivity index (χ2n) is 8.99. The van der Waals surface area contributed by atoms with Gasteiger partial charge in [-0.1, -0.05) is 23.8 Å². The first-order chi connectivity index (χ1) is 16.0. The number of amides is 1. The smallest absolute Gasteiger partial charge is 0.220 e. The molecule has 0 aliphatic carbocycles. The van der Waals surface area contributed by atoms with Gasteiger partial charge in [-0.05, 0) is 44.4 Å². The number of piperidine rings is 1. The Bertz CT molecular complexity index is 973. The van der Waals surface area contributed by atoms with E-state index in [0.717, 1.165) is 62.8 Å². The van der Waals surface area contributed by atoms with E-state index < -0.39 is 0 Å². The number of nitrogens with one attached hydrogen (secondary N) is 2. The molecule has 8 nitrogen and oxygen atoms in total. The van der Waals surface area contributed by atoms with Crippen LogP contribution < -0.4 is 26.2 Å². The Balaban J connectivity index is 0.00000324. The summed E-state index contributed by atoms with van der Waals surface area (Å²) < 4.78 is 0. The third-order valence-corrected chi connectivity index (χ3v) is 6.66. The Kier molecular flexibility index (Phi) is 9.37. The Morgan fingerprint density at radius 1 is 1.12 bits per heavy atom. The van der Waals surface area contributed by atoms with Crippen LogP contribution in [-0.2, 0) is 11.3 Å². The number of nitrogens with zero attached hydrogens (tertiary/aromatic N) is 4. The van der Waals surface area contributed by atoms with Gasteiger partial charge in [-0.25, -0.2) is 4.98 Å². The van der Waals surface area contributed by atoms with E-state index in [1.54, 1.807) is 7.05 Å². The van der Waals surface area contributed by atoms with Crippen LogP contribution in [0.25, 0.3) is 0 Å². The van der Waals surface area contributed by atoms with Crippen LogP contribution in [0.15, 0.2) is 47.6 Å². The predicted octanol–water partition coefficient (Wildman–Crippen LogP) is 2.65. The second kappa shape index (κ2) is 12.2. The first-order valence-electron chi connectivity index (χ1n) is 11.8. The average molecular weight is 578 g/mol. The molecule has 2 aromatic rings. The molecule has 2 aliphatic rings. The molecule has 2 fully saturated rings. The highest BCUT2D eigenvalue weighted by Gasteiger charge is 2.26. The predicted molar refractivity (Wildman–Crippen MR) is 149 cm³/mol. The van der Waals surface area contributed by atoms with Crippen molar-refractivity contribution >= 4 is 47.3 Å². The van der Waals surface area contributed by atoms with E-state index in [1.807, 2.05) is 12.3 Å². The van der Waals surface area contributed by atoms with Gasteiger partial charge in [0.05, 0.1) is 0 Å². The van der Waals surface area contributed by atoms with Crippen LogP contribution in [0.4, 0.5) is 11.5 Å². The lowest BCUT2D eigenvalue weighted by Crippen LogP contribution is -2.44. The number of halogens is 1. The first kappa shape index (κ1) is 26.1. The number of aromatic nitrogens is 1. The summed E-state index contributed by atoms with van der Waals surface area (Å²) in [5, 5.41) is 7.04. The summed E-state index contributed by atoms with van der Waals surface area (Å²) in [7, 11) is 1.81. The van der Waals surface area contributed by atoms with E-state index in [9.17, 15) is 4.79 Å². The summed E-state index contributed by atoms with van der Waals surface area (Å²) in [4.78, 5) is 25.2. The number of carbonyl (C=O) groups excluding carboxylic acids is 1. The molecule has 0 radical (unpaired) electrons. The Labute approximate surface area is 219 Å². The Morgan fingerprint density at radius 2 is 1.82 bits per heavy atom. The van der Waals surface area contributed by atoms with Crippen molar-refractivity contribution in [1.82, 2.24) is 15.6 Å². The van der Waals surface area contributed by atoms with Crippen LogP contribution in [0.2, 0.25) is 0 Å². The van der Waals surface area contributed by atoms with Crippen molar-refractivity contribution in [3.8, 4) is 0 Å². The Hall–Kier alpha value is -2.56. The van der Waals surface area contributed by atoms with E-state index in [-0.39, 0.29) is 35.8 Å². The number of hydrogen-bond acceptors (Lipinski definition) is 5. The molecule has 184 valence electrons. The molecular formula is C25H36IN7O. The average Bonchev–Trinajstić information content (AvgIpc) is 3.31. The quantitative estimate of drug-likeness (QED) is 0.278. The third kappa shape index (κ3) is 6.52. The van der Waals surface area contributed by atoms with Crippen molar-refractivity contribution in [2.75, 3.05) is 43.0 Å². The number of aryl methyl sites for hydroxylation is 1. The fourth-order valence-corrected chi connectivity index (χ4v) is 4.66. The molecule has 1 aromatic heterocycles. The number of benzene rings is 1. The topological polar surface area (TPSA) is 98.9 Å². The maximum atomic E-state index is 11.5. The molecule has 0 bridgehead atoms. The third-order valence-electron chi connectivity index (χ3n) is 6.66. The van der Waals surface area contributed by atoms with Gasteiger partial charge in [-0.2, -0.15) is 0 Å². The largest absolute Gasteiger partial charge is 0.369 e. The number of nitrogens with two attached hydrogens (primary N) is 1. The second-order valence-corrected chi connectivity index (χ2v) is 8.99. The minimum Gasteiger partial charge on any atom is -0.369 e. The standard InChI is InChI=1S/C25H35N7O.HI/c1-18-5-7-22(8-6-18)32-15-11-21(17-32)30-25(27-2)29-16-20-4-3-12-28-24(20)31-13-9-19(10-14-31)23(26)33;/h3-8,12,19,21H,9-11,13-17H2,1-2H3,(H2,26,33)(H2,27,29,30);1H. The van der Waals surface area contributed by atoms with Gasteiger partial charge in [-0.3, -0.25) is 9.79 Å². The van der Waals surface area contributed by atoms with Gasteiger partial charge in [0.25, 0.3) is 0 Å². The zero-order valence-corrected chi connectivity index (χ0v) is 22.4. The van der Waals surface area contributed by atoms with E-state index >= 15 is 0 Å². The van der Waals surface area contributed by atoms with Crippen molar-refractivity contribution in [2.24, 2.45) is 16.6 Å². The number of rotatable bonds is 6. The van der Waals surface area contributed by atoms with Crippen LogP contribution in [-0.4, -0.2) is 56.1 Å². The molecule has 34 heavy (non-hydrogen) atoms. The molecule has 9 heteroatoms. The van der Waals surface area contributed by atoms with Crippen molar-refractivity contribution in [2.45, 2.75) is 38.8 Å². The molecule has 4 rings (SSSR count). The van der Waals surface area contributed by atoms with E-state index in [1.165, 1.54) is 11.3 Å². The maximum absolute atomic E-state index is 11.5. The SMILES string of the molecule is CN=C(NCc1cccnc1N1CCC(C(N)=O)CC1)NC1CCN(c2ccc(C)cc2)C1.I. The normalized spacial score (nSPS) is 19.0. The van der Waals surface area contributed by atoms with Gasteiger partial charge in [0.15, 0.2) is 5.96 Å². The van der Waals surface area contributed by atoms with E-state index in [4.69, 9.17) is 5.73 Å². The van der Waals surface area contributed by atoms with Crippen molar-refractivity contribution < 1.29 is 4.79 Å². The lowest BCUT2D eigenvalue weighted by molar-refractivity contribution is -0.122. The number of hydrogen-bond donors (Lipinski definition) is 3. The minimum atomic E-state index is -0.194. The van der Waals surface area contributed by atoms with Crippen molar-refractivity contribution in [3.63, 3.8) is 0 Å². The molecule has 2 aliphatic heterocycles. The summed E-state index contributed by atoms with van der Waals surface area (Å²) in [6, 6.07) is 13.1. The van der Waals surface area contributed by atoms with Crippen molar-refractivity contribution in [1.29, 1.82) is 0 Å². The molecule has 3 heterocycles. The molecule has 0 saturated carbocycles. The highest BCUT2D eigenvalue weighted by atomic mass is 127. The van der Waals surface area contributed by atoms with Crippen LogP contribution >= 0.6 is 24.0 Å². The van der Waals surface area contributed by atoms with Crippen LogP contribution in [0, 0.1) is 12.8 Å². The summed E-state index contributed by atoms with van der Waals surface area (Å²) in [5.41, 5.74) is 9.16. The van der Waals surface area contributed by atoms with Gasteiger partial charge in [0, 0.05) is 69.2 Å². The maximum Gasteiger partial charge on any atom is 0.220 e. The highest BCUT2D eigenvalue weighted by Crippen LogP contribution is 2.24. The minimum absolute atomic E-state index is 0. The number of carbonyl (C=O) groups is 1. The zero-order chi connectivity index (χ0) is 23.2. The Morgan fingerprint density at radius 3 is 2.50 bits per heavy atom. The molecule has 2 saturated heterocycles. The van der Waals surface area contributed by atoms with E-state index in [2.05, 4.69) is 67.7 Å². The van der Waals surface area contributed by atoms with Crippen molar-refractivity contribution in [3.05, 3.63) is 53.7 Å². The summed E-state index contributed by atoms with van der Waals surface area (Å²) in [6.45, 7) is 6.32. The van der Waals surface area contributed by atoms with Gasteiger partial charge < -0.3 is 26.2 Å². The van der Waals surface area contributed by atoms with Crippen LogP contribution in [0.1, 0.15) is 30.4 Å².